The van der Waals surface area contributed by atoms with Gasteiger partial charge in [-0.1, -0.05) is 44.7 Å². The molecular weight excluding hydrogens is 236 g/mol. The minimum Gasteiger partial charge on any atom is -0.393 e. The van der Waals surface area contributed by atoms with Crippen molar-refractivity contribution in [2.45, 2.75) is 52.0 Å². The molecule has 0 radical (unpaired) electrons. The molecule has 0 saturated heterocycles. The molecule has 1 heterocycles. The molecule has 0 saturated carbocycles. The Bertz CT molecular complexity index is 343. The summed E-state index contributed by atoms with van der Waals surface area (Å²) in [4.78, 5) is 7.98. The lowest BCUT2D eigenvalue weighted by atomic mass is 10.1. The monoisotopic (exact) mass is 256 g/mol. The Hall–Kier alpha value is -1.03. The topological polar surface area (TPSA) is 63.8 Å². The third-order valence-electron chi connectivity index (χ3n) is 2.72. The first kappa shape index (κ1) is 14.0. The maximum absolute atomic E-state index is 5.86. The Morgan fingerprint density at radius 2 is 2.06 bits per heavy atom. The molecule has 5 heteroatoms. The van der Waals surface area contributed by atoms with Crippen molar-refractivity contribution in [1.82, 2.24) is 9.97 Å². The molecule has 0 spiro atoms. The summed E-state index contributed by atoms with van der Waals surface area (Å²) in [5, 5.41) is 3.68. The predicted molar refractivity (Wildman–Crippen MR) is 73.3 cm³/mol. The van der Waals surface area contributed by atoms with Crippen LogP contribution in [0, 0.1) is 0 Å². The second kappa shape index (κ2) is 7.33. The number of aromatic nitrogens is 2. The number of halogens is 1. The van der Waals surface area contributed by atoms with Crippen LogP contribution < -0.4 is 11.1 Å². The van der Waals surface area contributed by atoms with Gasteiger partial charge in [-0.15, -0.1) is 0 Å². The van der Waals surface area contributed by atoms with Crippen LogP contribution in [0.5, 0.6) is 0 Å². The van der Waals surface area contributed by atoms with Gasteiger partial charge >= 0.3 is 0 Å². The van der Waals surface area contributed by atoms with E-state index in [1.54, 1.807) is 0 Å². The van der Waals surface area contributed by atoms with Gasteiger partial charge < -0.3 is 11.1 Å². The Balaban J connectivity index is 2.67. The third-order valence-corrected chi connectivity index (χ3v) is 3.02. The molecule has 0 aliphatic rings. The summed E-state index contributed by atoms with van der Waals surface area (Å²) in [6, 6.07) is 0.410. The normalized spacial score (nSPS) is 12.4. The highest BCUT2D eigenvalue weighted by Crippen LogP contribution is 2.24. The highest BCUT2D eigenvalue weighted by molar-refractivity contribution is 6.32. The molecule has 0 bridgehead atoms. The molecule has 0 aliphatic heterocycles. The largest absolute Gasteiger partial charge is 0.393 e. The van der Waals surface area contributed by atoms with Gasteiger partial charge in [0.05, 0.1) is 0 Å². The van der Waals surface area contributed by atoms with Gasteiger partial charge in [0, 0.05) is 6.04 Å². The quantitative estimate of drug-likeness (QED) is 0.733. The lowest BCUT2D eigenvalue weighted by Crippen LogP contribution is -2.21. The van der Waals surface area contributed by atoms with Crippen LogP contribution in [0.2, 0.25) is 5.15 Å². The van der Waals surface area contributed by atoms with E-state index in [0.717, 1.165) is 19.3 Å². The molecule has 96 valence electrons. The molecule has 0 amide bonds. The molecule has 1 aromatic heterocycles. The van der Waals surface area contributed by atoms with Gasteiger partial charge in [0.25, 0.3) is 0 Å². The van der Waals surface area contributed by atoms with Gasteiger partial charge in [-0.25, -0.2) is 9.97 Å². The first-order chi connectivity index (χ1) is 8.19. The number of nitrogens with zero attached hydrogens (tertiary/aromatic N) is 2. The van der Waals surface area contributed by atoms with E-state index in [1.165, 1.54) is 19.2 Å². The highest BCUT2D eigenvalue weighted by atomic mass is 35.5. The SMILES string of the molecule is CCCCC(CCC)Nc1ncnc(Cl)c1N. The molecule has 1 atom stereocenters. The fourth-order valence-electron chi connectivity index (χ4n) is 1.77. The molecule has 1 unspecified atom stereocenters. The van der Waals surface area contributed by atoms with Gasteiger partial charge in [0.1, 0.15) is 12.0 Å². The van der Waals surface area contributed by atoms with Crippen molar-refractivity contribution >= 4 is 23.1 Å². The average molecular weight is 257 g/mol. The Labute approximate surface area is 108 Å². The molecule has 0 fully saturated rings. The number of unbranched alkanes of at least 4 members (excludes halogenated alkanes) is 1. The summed E-state index contributed by atoms with van der Waals surface area (Å²) < 4.78 is 0. The summed E-state index contributed by atoms with van der Waals surface area (Å²) in [7, 11) is 0. The van der Waals surface area contributed by atoms with Gasteiger partial charge in [0.15, 0.2) is 11.0 Å². The molecule has 0 aliphatic carbocycles. The first-order valence-corrected chi connectivity index (χ1v) is 6.59. The van der Waals surface area contributed by atoms with Crippen LogP contribution in [-0.2, 0) is 0 Å². The number of rotatable bonds is 7. The summed E-state index contributed by atoms with van der Waals surface area (Å²) in [6.45, 7) is 4.37. The van der Waals surface area contributed by atoms with E-state index in [2.05, 4.69) is 29.1 Å². The highest BCUT2D eigenvalue weighted by Gasteiger charge is 2.11. The van der Waals surface area contributed by atoms with Crippen molar-refractivity contribution < 1.29 is 0 Å². The maximum Gasteiger partial charge on any atom is 0.157 e. The molecule has 17 heavy (non-hydrogen) atoms. The molecule has 1 rings (SSSR count). The van der Waals surface area contributed by atoms with Crippen LogP contribution in [0.1, 0.15) is 46.0 Å². The number of nitrogens with one attached hydrogen (secondary N) is 1. The van der Waals surface area contributed by atoms with Crippen LogP contribution in [0.3, 0.4) is 0 Å². The zero-order chi connectivity index (χ0) is 12.7. The van der Waals surface area contributed by atoms with Crippen molar-refractivity contribution in [3.63, 3.8) is 0 Å². The Morgan fingerprint density at radius 1 is 1.29 bits per heavy atom. The molecule has 0 aromatic carbocycles. The fourth-order valence-corrected chi connectivity index (χ4v) is 1.90. The van der Waals surface area contributed by atoms with Gasteiger partial charge in [0.2, 0.25) is 0 Å². The lowest BCUT2D eigenvalue weighted by Gasteiger charge is -2.19. The zero-order valence-corrected chi connectivity index (χ0v) is 11.3. The summed E-state index contributed by atoms with van der Waals surface area (Å²) >= 11 is 5.86. The van der Waals surface area contributed by atoms with E-state index >= 15 is 0 Å². The Kier molecular flexibility index (Phi) is 6.05. The van der Waals surface area contributed by atoms with Crippen molar-refractivity contribution in [1.29, 1.82) is 0 Å². The number of nitrogen functional groups attached to an aromatic ring is 1. The van der Waals surface area contributed by atoms with Crippen LogP contribution in [0.25, 0.3) is 0 Å². The van der Waals surface area contributed by atoms with E-state index in [1.807, 2.05) is 0 Å². The lowest BCUT2D eigenvalue weighted by molar-refractivity contribution is 0.563. The third kappa shape index (κ3) is 4.38. The van der Waals surface area contributed by atoms with Crippen molar-refractivity contribution in [2.24, 2.45) is 0 Å². The fraction of sp³-hybridized carbons (Fsp3) is 0.667. The molecule has 3 N–H and O–H groups in total. The second-order valence-electron chi connectivity index (χ2n) is 4.20. The van der Waals surface area contributed by atoms with Crippen molar-refractivity contribution in [3.05, 3.63) is 11.5 Å². The van der Waals surface area contributed by atoms with Gasteiger partial charge in [-0.2, -0.15) is 0 Å². The van der Waals surface area contributed by atoms with E-state index in [9.17, 15) is 0 Å². The molecular formula is C12H21ClN4. The smallest absolute Gasteiger partial charge is 0.157 e. The van der Waals surface area contributed by atoms with Gasteiger partial charge in [-0.3, -0.25) is 0 Å². The van der Waals surface area contributed by atoms with E-state index in [0.29, 0.717) is 22.7 Å². The minimum atomic E-state index is 0.313. The Morgan fingerprint density at radius 3 is 2.71 bits per heavy atom. The maximum atomic E-state index is 5.86. The van der Waals surface area contributed by atoms with E-state index in [-0.39, 0.29) is 0 Å². The summed E-state index contributed by atoms with van der Waals surface area (Å²) in [5.74, 6) is 0.652. The van der Waals surface area contributed by atoms with Gasteiger partial charge in [-0.05, 0) is 12.8 Å². The minimum absolute atomic E-state index is 0.313. The summed E-state index contributed by atoms with van der Waals surface area (Å²) in [5.41, 5.74) is 6.27. The van der Waals surface area contributed by atoms with Crippen molar-refractivity contribution in [2.75, 3.05) is 11.1 Å². The predicted octanol–water partition coefficient (Wildman–Crippen LogP) is 3.48. The van der Waals surface area contributed by atoms with Crippen LogP contribution >= 0.6 is 11.6 Å². The number of anilines is 2. The number of hydrogen-bond donors (Lipinski definition) is 2. The number of nitrogens with two attached hydrogens (primary N) is 1. The first-order valence-electron chi connectivity index (χ1n) is 6.21. The summed E-state index contributed by atoms with van der Waals surface area (Å²) in [6.07, 6.45) is 7.22. The van der Waals surface area contributed by atoms with E-state index < -0.39 is 0 Å². The molecule has 1 aromatic rings. The average Bonchev–Trinajstić information content (AvgIpc) is 2.32. The van der Waals surface area contributed by atoms with Crippen LogP contribution in [0.4, 0.5) is 11.5 Å². The van der Waals surface area contributed by atoms with Crippen LogP contribution in [-0.4, -0.2) is 16.0 Å². The number of hydrogen-bond acceptors (Lipinski definition) is 4. The van der Waals surface area contributed by atoms with Crippen molar-refractivity contribution in [3.8, 4) is 0 Å². The standard InChI is InChI=1S/C12H21ClN4/c1-3-5-7-9(6-4-2)17-12-10(14)11(13)15-8-16-12/h8-9H,3-7,14H2,1-2H3,(H,15,16,17). The van der Waals surface area contributed by atoms with E-state index in [4.69, 9.17) is 17.3 Å². The van der Waals surface area contributed by atoms with Crippen LogP contribution in [0.15, 0.2) is 6.33 Å². The zero-order valence-electron chi connectivity index (χ0n) is 10.5. The second-order valence-corrected chi connectivity index (χ2v) is 4.56. The molecule has 4 nitrogen and oxygen atoms in total.